The van der Waals surface area contributed by atoms with Gasteiger partial charge in [-0.2, -0.15) is 0 Å². The fourth-order valence-corrected chi connectivity index (χ4v) is 3.72. The molecule has 0 radical (unpaired) electrons. The summed E-state index contributed by atoms with van der Waals surface area (Å²) in [6.07, 6.45) is 1.99. The first-order valence-electron chi connectivity index (χ1n) is 8.59. The Morgan fingerprint density at radius 2 is 2.20 bits per heavy atom. The van der Waals surface area contributed by atoms with Crippen molar-refractivity contribution in [3.05, 3.63) is 28.8 Å². The van der Waals surface area contributed by atoms with E-state index in [1.807, 2.05) is 19.1 Å². The van der Waals surface area contributed by atoms with Gasteiger partial charge in [0.1, 0.15) is 5.60 Å². The van der Waals surface area contributed by atoms with Crippen LogP contribution in [0.25, 0.3) is 0 Å². The minimum atomic E-state index is -0.412. The molecule has 136 valence electrons. The van der Waals surface area contributed by atoms with Crippen molar-refractivity contribution in [1.82, 2.24) is 9.80 Å². The fraction of sp³-hybridized carbons (Fsp3) is 0.556. The third-order valence-electron chi connectivity index (χ3n) is 4.87. The number of carbonyl (C=O) groups excluding carboxylic acids is 2. The Balaban J connectivity index is 1.50. The fourth-order valence-electron chi connectivity index (χ4n) is 3.54. The highest BCUT2D eigenvalue weighted by Gasteiger charge is 2.46. The summed E-state index contributed by atoms with van der Waals surface area (Å²) in [6.45, 7) is 4.80. The molecule has 0 bridgehead atoms. The van der Waals surface area contributed by atoms with Gasteiger partial charge in [-0.05, 0) is 44.0 Å². The van der Waals surface area contributed by atoms with Gasteiger partial charge in [-0.15, -0.1) is 0 Å². The SMILES string of the molecule is Cc1ccc(NC(=O)CCN2CCCC3(C2)CN(C)C(=O)O3)cc1Cl. The molecular weight excluding hydrogens is 342 g/mol. The topological polar surface area (TPSA) is 61.9 Å². The number of anilines is 1. The zero-order valence-corrected chi connectivity index (χ0v) is 15.4. The molecule has 1 unspecified atom stereocenters. The minimum absolute atomic E-state index is 0.0416. The average molecular weight is 366 g/mol. The largest absolute Gasteiger partial charge is 0.440 e. The molecule has 3 rings (SSSR count). The van der Waals surface area contributed by atoms with E-state index < -0.39 is 5.60 Å². The second-order valence-corrected chi connectivity index (χ2v) is 7.46. The number of nitrogens with one attached hydrogen (secondary N) is 1. The number of ether oxygens (including phenoxy) is 1. The third-order valence-corrected chi connectivity index (χ3v) is 5.28. The Morgan fingerprint density at radius 1 is 1.40 bits per heavy atom. The number of likely N-dealkylation sites (N-methyl/N-ethyl adjacent to an activating group) is 1. The maximum Gasteiger partial charge on any atom is 0.410 e. The van der Waals surface area contributed by atoms with Crippen LogP contribution in [0, 0.1) is 6.92 Å². The summed E-state index contributed by atoms with van der Waals surface area (Å²) in [5.41, 5.74) is 1.28. The van der Waals surface area contributed by atoms with Crippen LogP contribution in [-0.4, -0.2) is 60.6 Å². The van der Waals surface area contributed by atoms with Crippen LogP contribution in [0.15, 0.2) is 18.2 Å². The van der Waals surface area contributed by atoms with E-state index in [1.165, 1.54) is 0 Å². The first-order valence-corrected chi connectivity index (χ1v) is 8.97. The van der Waals surface area contributed by atoms with Crippen molar-refractivity contribution < 1.29 is 14.3 Å². The number of piperidine rings is 1. The van der Waals surface area contributed by atoms with Crippen molar-refractivity contribution in [2.24, 2.45) is 0 Å². The summed E-state index contributed by atoms with van der Waals surface area (Å²) < 4.78 is 5.59. The van der Waals surface area contributed by atoms with E-state index in [4.69, 9.17) is 16.3 Å². The van der Waals surface area contributed by atoms with Gasteiger partial charge in [0.25, 0.3) is 0 Å². The van der Waals surface area contributed by atoms with E-state index in [0.29, 0.717) is 36.8 Å². The van der Waals surface area contributed by atoms with Crippen LogP contribution in [0.1, 0.15) is 24.8 Å². The number of amides is 2. The van der Waals surface area contributed by atoms with Crippen LogP contribution < -0.4 is 5.32 Å². The monoisotopic (exact) mass is 365 g/mol. The second-order valence-electron chi connectivity index (χ2n) is 7.05. The predicted molar refractivity (Wildman–Crippen MR) is 97.0 cm³/mol. The Bertz CT molecular complexity index is 682. The highest BCUT2D eigenvalue weighted by atomic mass is 35.5. The zero-order valence-electron chi connectivity index (χ0n) is 14.7. The Hall–Kier alpha value is -1.79. The van der Waals surface area contributed by atoms with Gasteiger partial charge in [-0.25, -0.2) is 4.79 Å². The van der Waals surface area contributed by atoms with Gasteiger partial charge in [-0.1, -0.05) is 17.7 Å². The predicted octanol–water partition coefficient (Wildman–Crippen LogP) is 2.89. The zero-order chi connectivity index (χ0) is 18.0. The Morgan fingerprint density at radius 3 is 2.88 bits per heavy atom. The number of hydrogen-bond donors (Lipinski definition) is 1. The lowest BCUT2D eigenvalue weighted by molar-refractivity contribution is -0.116. The molecule has 6 nitrogen and oxygen atoms in total. The van der Waals surface area contributed by atoms with Crippen LogP contribution in [0.5, 0.6) is 0 Å². The van der Waals surface area contributed by atoms with Gasteiger partial charge >= 0.3 is 6.09 Å². The van der Waals surface area contributed by atoms with Crippen LogP contribution in [0.2, 0.25) is 5.02 Å². The molecule has 2 aliphatic rings. The van der Waals surface area contributed by atoms with Gasteiger partial charge < -0.3 is 15.0 Å². The number of likely N-dealkylation sites (tertiary alicyclic amines) is 1. The average Bonchev–Trinajstić information content (AvgIpc) is 2.82. The van der Waals surface area contributed by atoms with Crippen molar-refractivity contribution >= 4 is 29.3 Å². The summed E-state index contributed by atoms with van der Waals surface area (Å²) in [4.78, 5) is 27.7. The van der Waals surface area contributed by atoms with Crippen molar-refractivity contribution in [3.8, 4) is 0 Å². The molecule has 1 atom stereocenters. The lowest BCUT2D eigenvalue weighted by Gasteiger charge is -2.38. The lowest BCUT2D eigenvalue weighted by Crippen LogP contribution is -2.50. The quantitative estimate of drug-likeness (QED) is 0.891. The van der Waals surface area contributed by atoms with Gasteiger partial charge in [0.2, 0.25) is 5.91 Å². The summed E-state index contributed by atoms with van der Waals surface area (Å²) in [7, 11) is 1.76. The highest BCUT2D eigenvalue weighted by Crippen LogP contribution is 2.31. The molecule has 2 saturated heterocycles. The van der Waals surface area contributed by atoms with E-state index in [0.717, 1.165) is 24.9 Å². The van der Waals surface area contributed by atoms with E-state index in [2.05, 4.69) is 10.2 Å². The number of hydrogen-bond acceptors (Lipinski definition) is 4. The molecule has 2 fully saturated rings. The van der Waals surface area contributed by atoms with Gasteiger partial charge in [-0.3, -0.25) is 9.69 Å². The number of nitrogens with zero attached hydrogens (tertiary/aromatic N) is 2. The maximum atomic E-state index is 12.2. The van der Waals surface area contributed by atoms with Crippen molar-refractivity contribution in [1.29, 1.82) is 0 Å². The maximum absolute atomic E-state index is 12.2. The molecule has 1 spiro atoms. The molecule has 1 aromatic carbocycles. The highest BCUT2D eigenvalue weighted by molar-refractivity contribution is 6.31. The smallest absolute Gasteiger partial charge is 0.410 e. The molecule has 0 aromatic heterocycles. The molecule has 2 aliphatic heterocycles. The van der Waals surface area contributed by atoms with Gasteiger partial charge in [0.15, 0.2) is 0 Å². The standard InChI is InChI=1S/C18H24ClN3O3/c1-13-4-5-14(10-15(13)19)20-16(23)6-9-22-8-3-7-18(12-22)11-21(2)17(24)25-18/h4-5,10H,3,6-9,11-12H2,1-2H3,(H,20,23). The molecule has 0 aliphatic carbocycles. The number of benzene rings is 1. The van der Waals surface area contributed by atoms with Crippen LogP contribution >= 0.6 is 11.6 Å². The van der Waals surface area contributed by atoms with Crippen molar-refractivity contribution in [3.63, 3.8) is 0 Å². The molecule has 0 saturated carbocycles. The first-order chi connectivity index (χ1) is 11.9. The van der Waals surface area contributed by atoms with Crippen LogP contribution in [0.4, 0.5) is 10.5 Å². The summed E-state index contributed by atoms with van der Waals surface area (Å²) in [5, 5.41) is 3.52. The molecule has 7 heteroatoms. The van der Waals surface area contributed by atoms with Gasteiger partial charge in [0.05, 0.1) is 6.54 Å². The minimum Gasteiger partial charge on any atom is -0.440 e. The third kappa shape index (κ3) is 4.25. The molecule has 1 N–H and O–H groups in total. The lowest BCUT2D eigenvalue weighted by atomic mass is 9.92. The normalized spacial score (nSPS) is 23.8. The van der Waals surface area contributed by atoms with Crippen LogP contribution in [-0.2, 0) is 9.53 Å². The van der Waals surface area contributed by atoms with Crippen LogP contribution in [0.3, 0.4) is 0 Å². The summed E-state index contributed by atoms with van der Waals surface area (Å²) >= 11 is 6.08. The number of carbonyl (C=O) groups is 2. The van der Waals surface area contributed by atoms with Crippen molar-refractivity contribution in [2.75, 3.05) is 38.5 Å². The summed E-state index contributed by atoms with van der Waals surface area (Å²) in [6, 6.07) is 5.50. The molecular formula is C18H24ClN3O3. The molecule has 1 aromatic rings. The van der Waals surface area contributed by atoms with E-state index in [1.54, 1.807) is 18.0 Å². The summed E-state index contributed by atoms with van der Waals surface area (Å²) in [5.74, 6) is -0.0416. The Labute approximate surface area is 153 Å². The Kier molecular flexibility index (Phi) is 5.20. The number of rotatable bonds is 4. The second kappa shape index (κ2) is 7.22. The molecule has 2 amide bonds. The molecule has 2 heterocycles. The van der Waals surface area contributed by atoms with E-state index >= 15 is 0 Å². The van der Waals surface area contributed by atoms with E-state index in [9.17, 15) is 9.59 Å². The number of halogens is 1. The van der Waals surface area contributed by atoms with E-state index in [-0.39, 0.29) is 12.0 Å². The number of aryl methyl sites for hydroxylation is 1. The molecule has 25 heavy (non-hydrogen) atoms. The first kappa shape index (κ1) is 18.0. The van der Waals surface area contributed by atoms with Gasteiger partial charge in [0, 0.05) is 37.3 Å². The van der Waals surface area contributed by atoms with Crippen molar-refractivity contribution in [2.45, 2.75) is 31.8 Å².